The Hall–Kier alpha value is -1.80. The lowest BCUT2D eigenvalue weighted by Gasteiger charge is -2.25. The molecule has 1 rings (SSSR count). The molecule has 5 heteroatoms. The summed E-state index contributed by atoms with van der Waals surface area (Å²) in [5, 5.41) is 21.8. The highest BCUT2D eigenvalue weighted by Crippen LogP contribution is 2.19. The van der Waals surface area contributed by atoms with Crippen molar-refractivity contribution in [1.29, 1.82) is 5.26 Å². The molecule has 1 aromatic heterocycles. The Balaban J connectivity index is 2.74. The number of nitrogens with one attached hydrogen (secondary N) is 1. The molecule has 1 aromatic rings. The number of nitrogens with zero attached hydrogens (tertiary/aromatic N) is 2. The van der Waals surface area contributed by atoms with Crippen LogP contribution in [0.1, 0.15) is 32.3 Å². The lowest BCUT2D eigenvalue weighted by molar-refractivity contribution is 0.0456. The van der Waals surface area contributed by atoms with Crippen LogP contribution in [0, 0.1) is 11.3 Å². The van der Waals surface area contributed by atoms with Gasteiger partial charge in [0.2, 0.25) is 0 Å². The van der Waals surface area contributed by atoms with Crippen LogP contribution in [0.2, 0.25) is 0 Å². The molecule has 92 valence electrons. The second-order valence-electron chi connectivity index (χ2n) is 4.06. The van der Waals surface area contributed by atoms with E-state index in [9.17, 15) is 5.11 Å². The highest BCUT2D eigenvalue weighted by atomic mass is 16.3. The van der Waals surface area contributed by atoms with E-state index in [1.54, 1.807) is 6.07 Å². The molecule has 0 aliphatic carbocycles. The minimum absolute atomic E-state index is 0.392. The van der Waals surface area contributed by atoms with E-state index < -0.39 is 5.60 Å². The molecule has 0 amide bonds. The van der Waals surface area contributed by atoms with Crippen molar-refractivity contribution in [2.75, 3.05) is 17.6 Å². The van der Waals surface area contributed by atoms with E-state index in [1.165, 1.54) is 6.20 Å². The van der Waals surface area contributed by atoms with Crippen LogP contribution < -0.4 is 11.1 Å². The summed E-state index contributed by atoms with van der Waals surface area (Å²) in [4.78, 5) is 4.05. The second kappa shape index (κ2) is 5.51. The summed E-state index contributed by atoms with van der Waals surface area (Å²) >= 11 is 0. The number of aliphatic hydroxyl groups is 1. The minimum atomic E-state index is -0.748. The zero-order chi connectivity index (χ0) is 12.9. The monoisotopic (exact) mass is 234 g/mol. The first-order valence-corrected chi connectivity index (χ1v) is 5.66. The number of anilines is 2. The molecular weight excluding hydrogens is 216 g/mol. The SMILES string of the molecule is CCC(O)(CC)CNc1ncc(C#N)cc1N. The summed E-state index contributed by atoms with van der Waals surface area (Å²) < 4.78 is 0. The summed E-state index contributed by atoms with van der Waals surface area (Å²) in [5.74, 6) is 0.504. The standard InChI is InChI=1S/C12H18N4O/c1-3-12(17,4-2)8-16-11-10(14)5-9(6-13)7-15-11/h5,7,17H,3-4,8,14H2,1-2H3,(H,15,16). The summed E-state index contributed by atoms with van der Waals surface area (Å²) in [6.07, 6.45) is 2.77. The summed E-state index contributed by atoms with van der Waals surface area (Å²) in [6, 6.07) is 3.53. The first kappa shape index (κ1) is 13.3. The number of pyridine rings is 1. The van der Waals surface area contributed by atoms with Crippen LogP contribution in [0.15, 0.2) is 12.3 Å². The van der Waals surface area contributed by atoms with Gasteiger partial charge < -0.3 is 16.2 Å². The Bertz CT molecular complexity index is 421. The molecule has 4 N–H and O–H groups in total. The molecule has 0 aromatic carbocycles. The van der Waals surface area contributed by atoms with E-state index in [4.69, 9.17) is 11.0 Å². The number of rotatable bonds is 5. The van der Waals surface area contributed by atoms with Gasteiger partial charge in [0, 0.05) is 12.7 Å². The zero-order valence-corrected chi connectivity index (χ0v) is 10.2. The van der Waals surface area contributed by atoms with Gasteiger partial charge in [-0.15, -0.1) is 0 Å². The lowest BCUT2D eigenvalue weighted by atomic mass is 9.98. The summed E-state index contributed by atoms with van der Waals surface area (Å²) in [6.45, 7) is 4.25. The molecule has 0 radical (unpaired) electrons. The summed E-state index contributed by atoms with van der Waals surface area (Å²) in [5.41, 5.74) is 5.84. The molecule has 17 heavy (non-hydrogen) atoms. The molecule has 0 bridgehead atoms. The van der Waals surface area contributed by atoms with E-state index in [-0.39, 0.29) is 0 Å². The van der Waals surface area contributed by atoms with Crippen molar-refractivity contribution in [3.05, 3.63) is 17.8 Å². The highest BCUT2D eigenvalue weighted by Gasteiger charge is 2.22. The van der Waals surface area contributed by atoms with Gasteiger partial charge in [0.15, 0.2) is 0 Å². The maximum Gasteiger partial charge on any atom is 0.149 e. The predicted octanol–water partition coefficient (Wildman–Crippen LogP) is 1.50. The van der Waals surface area contributed by atoms with E-state index in [1.807, 2.05) is 19.9 Å². The molecule has 0 aliphatic rings. The average molecular weight is 234 g/mol. The van der Waals surface area contributed by atoms with Gasteiger partial charge in [-0.3, -0.25) is 0 Å². The Labute approximate surface area is 101 Å². The molecule has 0 aliphatic heterocycles. The van der Waals surface area contributed by atoms with E-state index in [0.717, 1.165) is 0 Å². The van der Waals surface area contributed by atoms with Crippen LogP contribution in [0.3, 0.4) is 0 Å². The third-order valence-electron chi connectivity index (χ3n) is 2.95. The fraction of sp³-hybridized carbons (Fsp3) is 0.500. The van der Waals surface area contributed by atoms with E-state index >= 15 is 0 Å². The zero-order valence-electron chi connectivity index (χ0n) is 10.2. The Morgan fingerprint density at radius 1 is 1.53 bits per heavy atom. The second-order valence-corrected chi connectivity index (χ2v) is 4.06. The number of nitrogens with two attached hydrogens (primary N) is 1. The normalized spacial score (nSPS) is 10.9. The molecular formula is C12H18N4O. The van der Waals surface area contributed by atoms with Gasteiger partial charge in [0.25, 0.3) is 0 Å². The van der Waals surface area contributed by atoms with Gasteiger partial charge in [-0.1, -0.05) is 13.8 Å². The van der Waals surface area contributed by atoms with E-state index in [0.29, 0.717) is 36.5 Å². The number of aromatic nitrogens is 1. The van der Waals surface area contributed by atoms with Crippen molar-refractivity contribution >= 4 is 11.5 Å². The van der Waals surface area contributed by atoms with Crippen LogP contribution in [0.4, 0.5) is 11.5 Å². The Morgan fingerprint density at radius 2 is 2.18 bits per heavy atom. The van der Waals surface area contributed by atoms with Crippen LogP contribution in [0.5, 0.6) is 0 Å². The van der Waals surface area contributed by atoms with Gasteiger partial charge in [0.1, 0.15) is 11.9 Å². The van der Waals surface area contributed by atoms with Crippen molar-refractivity contribution in [1.82, 2.24) is 4.98 Å². The van der Waals surface area contributed by atoms with Crippen LogP contribution in [0.25, 0.3) is 0 Å². The van der Waals surface area contributed by atoms with Gasteiger partial charge in [-0.2, -0.15) is 5.26 Å². The van der Waals surface area contributed by atoms with Crippen molar-refractivity contribution < 1.29 is 5.11 Å². The Morgan fingerprint density at radius 3 is 2.65 bits per heavy atom. The third-order valence-corrected chi connectivity index (χ3v) is 2.95. The molecule has 0 saturated carbocycles. The number of nitriles is 1. The van der Waals surface area contributed by atoms with Gasteiger partial charge in [-0.05, 0) is 18.9 Å². The topological polar surface area (TPSA) is 95.0 Å². The minimum Gasteiger partial charge on any atom is -0.396 e. The first-order valence-electron chi connectivity index (χ1n) is 5.66. The number of hydrogen-bond donors (Lipinski definition) is 3. The fourth-order valence-electron chi connectivity index (χ4n) is 1.44. The lowest BCUT2D eigenvalue weighted by Crippen LogP contribution is -2.35. The molecule has 0 spiro atoms. The van der Waals surface area contributed by atoms with Gasteiger partial charge in [0.05, 0.1) is 16.9 Å². The van der Waals surface area contributed by atoms with Crippen molar-refractivity contribution in [3.63, 3.8) is 0 Å². The van der Waals surface area contributed by atoms with Crippen LogP contribution >= 0.6 is 0 Å². The van der Waals surface area contributed by atoms with Crippen molar-refractivity contribution in [3.8, 4) is 6.07 Å². The highest BCUT2D eigenvalue weighted by molar-refractivity contribution is 5.63. The van der Waals surface area contributed by atoms with Crippen molar-refractivity contribution in [2.24, 2.45) is 0 Å². The molecule has 0 fully saturated rings. The quantitative estimate of drug-likeness (QED) is 0.717. The van der Waals surface area contributed by atoms with Crippen LogP contribution in [-0.4, -0.2) is 22.2 Å². The third kappa shape index (κ3) is 3.33. The van der Waals surface area contributed by atoms with Crippen molar-refractivity contribution in [2.45, 2.75) is 32.3 Å². The first-order chi connectivity index (χ1) is 8.04. The number of nitrogen functional groups attached to an aromatic ring is 1. The smallest absolute Gasteiger partial charge is 0.149 e. The molecule has 0 saturated heterocycles. The number of hydrogen-bond acceptors (Lipinski definition) is 5. The van der Waals surface area contributed by atoms with E-state index in [2.05, 4.69) is 10.3 Å². The average Bonchev–Trinajstić information content (AvgIpc) is 2.36. The maximum atomic E-state index is 10.1. The van der Waals surface area contributed by atoms with Crippen LogP contribution in [-0.2, 0) is 0 Å². The fourth-order valence-corrected chi connectivity index (χ4v) is 1.44. The molecule has 1 heterocycles. The molecule has 5 nitrogen and oxygen atoms in total. The molecule has 0 atom stereocenters. The Kier molecular flexibility index (Phi) is 4.30. The molecule has 0 unspecified atom stereocenters. The van der Waals surface area contributed by atoms with Gasteiger partial charge in [-0.25, -0.2) is 4.98 Å². The summed E-state index contributed by atoms with van der Waals surface area (Å²) in [7, 11) is 0. The van der Waals surface area contributed by atoms with Gasteiger partial charge >= 0.3 is 0 Å². The maximum absolute atomic E-state index is 10.1. The largest absolute Gasteiger partial charge is 0.396 e. The predicted molar refractivity (Wildman–Crippen MR) is 67.4 cm³/mol.